The molecule has 0 bridgehead atoms. The van der Waals surface area contributed by atoms with E-state index in [1.807, 2.05) is 0 Å². The van der Waals surface area contributed by atoms with Crippen LogP contribution in [0.4, 0.5) is 10.1 Å². The average Bonchev–Trinajstić information content (AvgIpc) is 2.18. The van der Waals surface area contributed by atoms with Gasteiger partial charge in [0.05, 0.1) is 0 Å². The van der Waals surface area contributed by atoms with Crippen molar-refractivity contribution in [2.45, 2.75) is 19.9 Å². The zero-order valence-corrected chi connectivity index (χ0v) is 8.48. The normalized spacial score (nSPS) is 13.7. The van der Waals surface area contributed by atoms with Gasteiger partial charge in [-0.1, -0.05) is 4.86 Å². The maximum absolute atomic E-state index is 12.5. The first-order chi connectivity index (χ1) is 7.00. The standard InChI is InChI=1S/C10H11FN2O2/c1-7(8(2)14)12-13(15)10-5-3-9(11)4-6-10/h3-7H,1-2H3/t7-/m0/s1. The van der Waals surface area contributed by atoms with Crippen molar-refractivity contribution in [3.63, 3.8) is 0 Å². The van der Waals surface area contributed by atoms with E-state index in [2.05, 4.69) is 5.11 Å². The van der Waals surface area contributed by atoms with Gasteiger partial charge in [0.2, 0.25) is 5.69 Å². The topological polar surface area (TPSA) is 55.5 Å². The van der Waals surface area contributed by atoms with Crippen molar-refractivity contribution in [3.05, 3.63) is 35.3 Å². The number of hydrogen-bond donors (Lipinski definition) is 0. The number of azo groups is 1. The van der Waals surface area contributed by atoms with Crippen molar-refractivity contribution in [2.24, 2.45) is 5.11 Å². The predicted octanol–water partition coefficient (Wildman–Crippen LogP) is 2.40. The summed E-state index contributed by atoms with van der Waals surface area (Å²) in [5.41, 5.74) is 0.199. The third-order valence-electron chi connectivity index (χ3n) is 1.91. The number of carbonyl (C=O) groups is 1. The van der Waals surface area contributed by atoms with Gasteiger partial charge in [0.25, 0.3) is 0 Å². The lowest BCUT2D eigenvalue weighted by molar-refractivity contribution is -0.444. The molecule has 1 rings (SSSR count). The van der Waals surface area contributed by atoms with Crippen LogP contribution >= 0.6 is 0 Å². The summed E-state index contributed by atoms with van der Waals surface area (Å²) in [7, 11) is 0. The fraction of sp³-hybridized carbons (Fsp3) is 0.300. The molecule has 15 heavy (non-hydrogen) atoms. The molecule has 0 fully saturated rings. The number of hydrogen-bond acceptors (Lipinski definition) is 3. The molecule has 1 aromatic rings. The molecule has 0 saturated carbocycles. The highest BCUT2D eigenvalue weighted by Gasteiger charge is 2.11. The molecule has 4 nitrogen and oxygen atoms in total. The van der Waals surface area contributed by atoms with Crippen LogP contribution in [-0.4, -0.2) is 16.7 Å². The van der Waals surface area contributed by atoms with Crippen molar-refractivity contribution in [1.82, 2.24) is 0 Å². The number of carbonyl (C=O) groups excluding carboxylic acids is 1. The molecule has 0 amide bonds. The van der Waals surface area contributed by atoms with E-state index in [0.29, 0.717) is 4.86 Å². The maximum Gasteiger partial charge on any atom is 0.244 e. The molecule has 80 valence electrons. The van der Waals surface area contributed by atoms with Crippen LogP contribution in [0, 0.1) is 11.0 Å². The quantitative estimate of drug-likeness (QED) is 0.437. The van der Waals surface area contributed by atoms with Crippen LogP contribution in [0.1, 0.15) is 13.8 Å². The van der Waals surface area contributed by atoms with E-state index >= 15 is 0 Å². The Bertz CT molecular complexity index is 387. The number of rotatable bonds is 3. The van der Waals surface area contributed by atoms with E-state index in [9.17, 15) is 14.4 Å². The molecule has 0 unspecified atom stereocenters. The molecule has 1 aromatic carbocycles. The summed E-state index contributed by atoms with van der Waals surface area (Å²) in [6.07, 6.45) is 0. The summed E-state index contributed by atoms with van der Waals surface area (Å²) in [6, 6.07) is 4.24. The van der Waals surface area contributed by atoms with Gasteiger partial charge in [0.1, 0.15) is 5.82 Å². The number of Topliss-reactive ketones (excluding diaryl/α,β-unsaturated/α-hetero) is 1. The highest BCUT2D eigenvalue weighted by Crippen LogP contribution is 2.12. The lowest BCUT2D eigenvalue weighted by Gasteiger charge is -2.02. The average molecular weight is 210 g/mol. The van der Waals surface area contributed by atoms with E-state index in [0.717, 1.165) is 12.1 Å². The molecule has 0 aliphatic heterocycles. The van der Waals surface area contributed by atoms with Gasteiger partial charge in [-0.15, -0.1) is 0 Å². The third kappa shape index (κ3) is 3.12. The second-order valence-corrected chi connectivity index (χ2v) is 3.15. The number of nitrogens with zero attached hydrogens (tertiary/aromatic N) is 2. The summed E-state index contributed by atoms with van der Waals surface area (Å²) in [6.45, 7) is 2.88. The van der Waals surface area contributed by atoms with Crippen LogP contribution < -0.4 is 0 Å². The molecule has 0 heterocycles. The van der Waals surface area contributed by atoms with Crippen LogP contribution in [0.2, 0.25) is 0 Å². The maximum atomic E-state index is 12.5. The zero-order valence-electron chi connectivity index (χ0n) is 8.48. The molecule has 0 radical (unpaired) electrons. The number of benzene rings is 1. The summed E-state index contributed by atoms with van der Waals surface area (Å²) >= 11 is 0. The highest BCUT2D eigenvalue weighted by atomic mass is 19.1. The highest BCUT2D eigenvalue weighted by molar-refractivity contribution is 5.80. The Morgan fingerprint density at radius 1 is 1.47 bits per heavy atom. The van der Waals surface area contributed by atoms with Gasteiger partial charge in [0.15, 0.2) is 11.8 Å². The third-order valence-corrected chi connectivity index (χ3v) is 1.91. The van der Waals surface area contributed by atoms with Gasteiger partial charge < -0.3 is 5.21 Å². The van der Waals surface area contributed by atoms with Gasteiger partial charge in [-0.3, -0.25) is 4.79 Å². The molecule has 1 atom stereocenters. The van der Waals surface area contributed by atoms with E-state index in [-0.39, 0.29) is 11.5 Å². The van der Waals surface area contributed by atoms with Crippen LogP contribution in [0.3, 0.4) is 0 Å². The van der Waals surface area contributed by atoms with E-state index < -0.39 is 11.9 Å². The molecule has 0 aliphatic carbocycles. The SMILES string of the molecule is CC(=O)[C@H](C)N=[N+]([O-])c1ccc(F)cc1. The van der Waals surface area contributed by atoms with E-state index in [4.69, 9.17) is 0 Å². The molecule has 0 aromatic heterocycles. The minimum absolute atomic E-state index is 0.196. The van der Waals surface area contributed by atoms with Gasteiger partial charge in [-0.05, 0) is 31.1 Å². The molecular formula is C10H11FN2O2. The van der Waals surface area contributed by atoms with Crippen molar-refractivity contribution in [3.8, 4) is 0 Å². The van der Waals surface area contributed by atoms with E-state index in [1.165, 1.54) is 26.0 Å². The minimum atomic E-state index is -0.687. The Balaban J connectivity index is 2.89. The number of ketones is 1. The monoisotopic (exact) mass is 210 g/mol. The van der Waals surface area contributed by atoms with Crippen LogP contribution in [-0.2, 0) is 4.79 Å². The fourth-order valence-electron chi connectivity index (χ4n) is 0.874. The fourth-order valence-corrected chi connectivity index (χ4v) is 0.874. The van der Waals surface area contributed by atoms with Crippen molar-refractivity contribution >= 4 is 11.5 Å². The zero-order chi connectivity index (χ0) is 11.4. The molecule has 0 N–H and O–H groups in total. The molecule has 0 saturated heterocycles. The Labute approximate surface area is 86.6 Å². The molecule has 0 spiro atoms. The molecule has 0 aliphatic rings. The second-order valence-electron chi connectivity index (χ2n) is 3.15. The Hall–Kier alpha value is -1.78. The molecule has 5 heteroatoms. The van der Waals surface area contributed by atoms with Gasteiger partial charge in [-0.2, -0.15) is 0 Å². The van der Waals surface area contributed by atoms with Crippen molar-refractivity contribution in [1.29, 1.82) is 0 Å². The number of halogens is 1. The first-order valence-electron chi connectivity index (χ1n) is 4.44. The van der Waals surface area contributed by atoms with Gasteiger partial charge >= 0.3 is 0 Å². The largest absolute Gasteiger partial charge is 0.594 e. The van der Waals surface area contributed by atoms with E-state index in [1.54, 1.807) is 0 Å². The lowest BCUT2D eigenvalue weighted by Crippen LogP contribution is -2.12. The lowest BCUT2D eigenvalue weighted by atomic mass is 10.3. The van der Waals surface area contributed by atoms with Gasteiger partial charge in [0, 0.05) is 12.1 Å². The van der Waals surface area contributed by atoms with Gasteiger partial charge in [-0.25, -0.2) is 4.39 Å². The molecular weight excluding hydrogens is 199 g/mol. The second kappa shape index (κ2) is 4.63. The minimum Gasteiger partial charge on any atom is -0.594 e. The Kier molecular flexibility index (Phi) is 3.49. The summed E-state index contributed by atoms with van der Waals surface area (Å²) < 4.78 is 12.5. The first kappa shape index (κ1) is 11.3. The van der Waals surface area contributed by atoms with Crippen molar-refractivity contribution < 1.29 is 14.0 Å². The van der Waals surface area contributed by atoms with Crippen LogP contribution in [0.15, 0.2) is 29.4 Å². The first-order valence-corrected chi connectivity index (χ1v) is 4.44. The summed E-state index contributed by atoms with van der Waals surface area (Å²) in [5.74, 6) is -0.621. The van der Waals surface area contributed by atoms with Crippen LogP contribution in [0.25, 0.3) is 0 Å². The van der Waals surface area contributed by atoms with Crippen molar-refractivity contribution in [2.75, 3.05) is 0 Å². The summed E-state index contributed by atoms with van der Waals surface area (Å²) in [4.78, 5) is 11.2. The van der Waals surface area contributed by atoms with Crippen LogP contribution in [0.5, 0.6) is 0 Å². The summed E-state index contributed by atoms with van der Waals surface area (Å²) in [5, 5.41) is 14.9. The predicted molar refractivity (Wildman–Crippen MR) is 52.3 cm³/mol. The Morgan fingerprint density at radius 3 is 2.47 bits per heavy atom. The Morgan fingerprint density at radius 2 is 2.00 bits per heavy atom. The smallest absolute Gasteiger partial charge is 0.244 e.